The van der Waals surface area contributed by atoms with Crippen LogP contribution >= 0.6 is 0 Å². The van der Waals surface area contributed by atoms with Crippen LogP contribution in [0, 0.1) is 25.6 Å². The first-order valence-electron chi connectivity index (χ1n) is 6.57. The molecule has 0 unspecified atom stereocenters. The van der Waals surface area contributed by atoms with Gasteiger partial charge < -0.3 is 5.11 Å². The van der Waals surface area contributed by atoms with Gasteiger partial charge >= 0.3 is 0 Å². The Kier molecular flexibility index (Phi) is 3.69. The predicted molar refractivity (Wildman–Crippen MR) is 74.4 cm³/mol. The van der Waals surface area contributed by atoms with Gasteiger partial charge in [-0.05, 0) is 43.0 Å². The van der Waals surface area contributed by atoms with E-state index < -0.39 is 21.4 Å². The minimum Gasteiger partial charge on any atom is -0.387 e. The molecule has 0 amide bonds. The second kappa shape index (κ2) is 4.79. The van der Waals surface area contributed by atoms with Crippen LogP contribution in [-0.4, -0.2) is 36.5 Å². The first-order valence-corrected chi connectivity index (χ1v) is 8.01. The van der Waals surface area contributed by atoms with Crippen LogP contribution in [0.25, 0.3) is 0 Å². The summed E-state index contributed by atoms with van der Waals surface area (Å²) in [6.45, 7) is 7.05. The summed E-state index contributed by atoms with van der Waals surface area (Å²) in [5, 5.41) is 10.2. The van der Waals surface area contributed by atoms with Crippen LogP contribution in [-0.2, 0) is 10.0 Å². The second-order valence-electron chi connectivity index (χ2n) is 5.90. The number of hydrogen-bond donors (Lipinski definition) is 1. The third-order valence-corrected chi connectivity index (χ3v) is 6.10. The molecule has 20 heavy (non-hydrogen) atoms. The maximum Gasteiger partial charge on any atom is 0.243 e. The highest BCUT2D eigenvalue weighted by molar-refractivity contribution is 7.89. The van der Waals surface area contributed by atoms with E-state index in [2.05, 4.69) is 0 Å². The Morgan fingerprint density at radius 3 is 2.10 bits per heavy atom. The van der Waals surface area contributed by atoms with Crippen molar-refractivity contribution in [1.29, 1.82) is 0 Å². The van der Waals surface area contributed by atoms with Crippen LogP contribution in [0.5, 0.6) is 0 Å². The highest BCUT2D eigenvalue weighted by atomic mass is 32.2. The SMILES string of the molecule is Cc1cc(F)cc(C)c1S(=O)(=O)N1CC(O)(C(C)C)C1. The highest BCUT2D eigenvalue weighted by Crippen LogP contribution is 2.35. The van der Waals surface area contributed by atoms with Gasteiger partial charge in [-0.1, -0.05) is 13.8 Å². The van der Waals surface area contributed by atoms with E-state index in [1.807, 2.05) is 13.8 Å². The summed E-state index contributed by atoms with van der Waals surface area (Å²) in [4.78, 5) is 0.143. The van der Waals surface area contributed by atoms with Crippen LogP contribution in [0.2, 0.25) is 0 Å². The zero-order valence-electron chi connectivity index (χ0n) is 12.1. The number of nitrogens with zero attached hydrogens (tertiary/aromatic N) is 1. The number of halogens is 1. The van der Waals surface area contributed by atoms with Crippen molar-refractivity contribution in [2.75, 3.05) is 13.1 Å². The molecule has 0 radical (unpaired) electrons. The molecule has 1 heterocycles. The monoisotopic (exact) mass is 301 g/mol. The fourth-order valence-electron chi connectivity index (χ4n) is 2.53. The van der Waals surface area contributed by atoms with Crippen molar-refractivity contribution in [3.8, 4) is 0 Å². The summed E-state index contributed by atoms with van der Waals surface area (Å²) in [6.07, 6.45) is 0. The molecule has 1 saturated heterocycles. The first kappa shape index (κ1) is 15.4. The molecule has 112 valence electrons. The lowest BCUT2D eigenvalue weighted by Gasteiger charge is -2.48. The summed E-state index contributed by atoms with van der Waals surface area (Å²) >= 11 is 0. The van der Waals surface area contributed by atoms with Gasteiger partial charge in [0.05, 0.1) is 10.5 Å². The summed E-state index contributed by atoms with van der Waals surface area (Å²) in [5.74, 6) is -0.453. The Bertz CT molecular complexity index is 611. The number of hydrogen-bond acceptors (Lipinski definition) is 3. The predicted octanol–water partition coefficient (Wildman–Crippen LogP) is 1.83. The topological polar surface area (TPSA) is 57.6 Å². The molecule has 1 aliphatic heterocycles. The zero-order valence-corrected chi connectivity index (χ0v) is 13.0. The average Bonchev–Trinajstić information content (AvgIpc) is 2.22. The van der Waals surface area contributed by atoms with Crippen molar-refractivity contribution in [3.05, 3.63) is 29.1 Å². The van der Waals surface area contributed by atoms with Gasteiger partial charge in [-0.3, -0.25) is 0 Å². The lowest BCUT2D eigenvalue weighted by atomic mass is 9.85. The standard InChI is InChI=1S/C14H20FNO3S/c1-9(2)14(17)7-16(8-14)20(18,19)13-10(3)5-12(15)6-11(13)4/h5-6,9,17H,7-8H2,1-4H3. The molecule has 0 aromatic heterocycles. The fraction of sp³-hybridized carbons (Fsp3) is 0.571. The Morgan fingerprint density at radius 2 is 1.70 bits per heavy atom. The van der Waals surface area contributed by atoms with Crippen molar-refractivity contribution < 1.29 is 17.9 Å². The molecular weight excluding hydrogens is 281 g/mol. The number of rotatable bonds is 3. The van der Waals surface area contributed by atoms with Crippen molar-refractivity contribution in [1.82, 2.24) is 4.31 Å². The van der Waals surface area contributed by atoms with Crippen molar-refractivity contribution in [2.45, 2.75) is 38.2 Å². The number of benzene rings is 1. The maximum absolute atomic E-state index is 13.3. The fourth-order valence-corrected chi connectivity index (χ4v) is 4.51. The molecule has 1 aliphatic rings. The number of β-amino-alcohol motifs (C(OH)–C–C–N with tert-alkyl or cyclic N) is 1. The molecule has 0 saturated carbocycles. The number of aryl methyl sites for hydroxylation is 2. The molecule has 1 N–H and O–H groups in total. The molecule has 2 rings (SSSR count). The van der Waals surface area contributed by atoms with Gasteiger partial charge in [0.2, 0.25) is 10.0 Å². The molecule has 0 bridgehead atoms. The normalized spacial score (nSPS) is 19.1. The molecule has 4 nitrogen and oxygen atoms in total. The van der Waals surface area contributed by atoms with Crippen molar-refractivity contribution in [2.24, 2.45) is 5.92 Å². The quantitative estimate of drug-likeness (QED) is 0.926. The van der Waals surface area contributed by atoms with Crippen LogP contribution in [0.3, 0.4) is 0 Å². The highest BCUT2D eigenvalue weighted by Gasteiger charge is 2.49. The molecule has 0 atom stereocenters. The second-order valence-corrected chi connectivity index (χ2v) is 7.77. The van der Waals surface area contributed by atoms with E-state index in [-0.39, 0.29) is 23.9 Å². The molecule has 1 fully saturated rings. The Balaban J connectivity index is 2.35. The van der Waals surface area contributed by atoms with Crippen molar-refractivity contribution >= 4 is 10.0 Å². The van der Waals surface area contributed by atoms with Crippen LogP contribution in [0.15, 0.2) is 17.0 Å². The number of sulfonamides is 1. The van der Waals surface area contributed by atoms with Gasteiger partial charge in [0, 0.05) is 13.1 Å². The van der Waals surface area contributed by atoms with E-state index in [0.29, 0.717) is 11.1 Å². The largest absolute Gasteiger partial charge is 0.387 e. The molecule has 1 aromatic carbocycles. The van der Waals surface area contributed by atoms with Gasteiger partial charge in [-0.2, -0.15) is 4.31 Å². The first-order chi connectivity index (χ1) is 9.08. The summed E-state index contributed by atoms with van der Waals surface area (Å²) in [5.41, 5.74) is -0.181. The lowest BCUT2D eigenvalue weighted by molar-refractivity contribution is -0.0932. The molecule has 1 aromatic rings. The van der Waals surface area contributed by atoms with E-state index >= 15 is 0 Å². The minimum atomic E-state index is -3.68. The van der Waals surface area contributed by atoms with E-state index in [9.17, 15) is 17.9 Å². The molecule has 0 aliphatic carbocycles. The maximum atomic E-state index is 13.3. The van der Waals surface area contributed by atoms with Crippen LogP contribution in [0.1, 0.15) is 25.0 Å². The third kappa shape index (κ3) is 2.36. The van der Waals surface area contributed by atoms with Gasteiger partial charge in [0.1, 0.15) is 5.82 Å². The Hall–Kier alpha value is -0.980. The van der Waals surface area contributed by atoms with Crippen LogP contribution < -0.4 is 0 Å². The van der Waals surface area contributed by atoms with Gasteiger partial charge in [-0.15, -0.1) is 0 Å². The molecule has 0 spiro atoms. The summed E-state index contributed by atoms with van der Waals surface area (Å²) in [7, 11) is -3.68. The molecule has 6 heteroatoms. The smallest absolute Gasteiger partial charge is 0.243 e. The van der Waals surface area contributed by atoms with E-state index in [1.54, 1.807) is 13.8 Å². The van der Waals surface area contributed by atoms with Crippen LogP contribution in [0.4, 0.5) is 4.39 Å². The lowest BCUT2D eigenvalue weighted by Crippen LogP contribution is -2.65. The van der Waals surface area contributed by atoms with E-state index in [0.717, 1.165) is 0 Å². The van der Waals surface area contributed by atoms with Gasteiger partial charge in [0.15, 0.2) is 0 Å². The summed E-state index contributed by atoms with van der Waals surface area (Å²) < 4.78 is 39.7. The van der Waals surface area contributed by atoms with Crippen molar-refractivity contribution in [3.63, 3.8) is 0 Å². The summed E-state index contributed by atoms with van der Waals surface area (Å²) in [6, 6.07) is 2.43. The molecular formula is C14H20FNO3S. The average molecular weight is 301 g/mol. The van der Waals surface area contributed by atoms with E-state index in [1.165, 1.54) is 16.4 Å². The van der Waals surface area contributed by atoms with Gasteiger partial charge in [-0.25, -0.2) is 12.8 Å². The Labute approximate surface area is 119 Å². The Morgan fingerprint density at radius 1 is 1.25 bits per heavy atom. The van der Waals surface area contributed by atoms with E-state index in [4.69, 9.17) is 0 Å². The number of aliphatic hydroxyl groups is 1. The minimum absolute atomic E-state index is 0.00985. The zero-order chi connectivity index (χ0) is 15.3. The van der Waals surface area contributed by atoms with Gasteiger partial charge in [0.25, 0.3) is 0 Å². The third-order valence-electron chi connectivity index (χ3n) is 4.00.